The molecule has 1 aromatic heterocycles. The Bertz CT molecular complexity index is 967. The van der Waals surface area contributed by atoms with Crippen LogP contribution < -0.4 is 5.32 Å². The maximum absolute atomic E-state index is 12.4. The number of hydrogen-bond acceptors (Lipinski definition) is 3. The summed E-state index contributed by atoms with van der Waals surface area (Å²) in [6, 6.07) is 13.9. The SMILES string of the molecule is Cn1cc(C(=O)NC(=O)c2cccc3ccccc23)cc1C(=O)O. The molecule has 0 spiro atoms. The fraction of sp³-hybridized carbons (Fsp3) is 0.0556. The van der Waals surface area contributed by atoms with Crippen molar-refractivity contribution in [1.82, 2.24) is 9.88 Å². The van der Waals surface area contributed by atoms with Crippen LogP contribution in [-0.2, 0) is 7.05 Å². The van der Waals surface area contributed by atoms with Gasteiger partial charge in [-0.15, -0.1) is 0 Å². The molecule has 1 heterocycles. The third-order valence-corrected chi connectivity index (χ3v) is 3.75. The molecule has 0 saturated heterocycles. The van der Waals surface area contributed by atoms with Crippen LogP contribution in [0.5, 0.6) is 0 Å². The molecule has 0 fully saturated rings. The van der Waals surface area contributed by atoms with Crippen LogP contribution in [0, 0.1) is 0 Å². The Morgan fingerprint density at radius 1 is 1.00 bits per heavy atom. The fourth-order valence-corrected chi connectivity index (χ4v) is 2.57. The number of aryl methyl sites for hydroxylation is 1. The van der Waals surface area contributed by atoms with Crippen molar-refractivity contribution < 1.29 is 19.5 Å². The van der Waals surface area contributed by atoms with Gasteiger partial charge in [-0.1, -0.05) is 36.4 Å². The van der Waals surface area contributed by atoms with E-state index in [0.29, 0.717) is 5.56 Å². The van der Waals surface area contributed by atoms with E-state index in [1.54, 1.807) is 18.2 Å². The molecule has 3 aromatic rings. The van der Waals surface area contributed by atoms with Gasteiger partial charge in [0.25, 0.3) is 11.8 Å². The van der Waals surface area contributed by atoms with Crippen molar-refractivity contribution in [2.45, 2.75) is 0 Å². The van der Waals surface area contributed by atoms with Gasteiger partial charge in [0.15, 0.2) is 0 Å². The highest BCUT2D eigenvalue weighted by atomic mass is 16.4. The van der Waals surface area contributed by atoms with Crippen LogP contribution >= 0.6 is 0 Å². The summed E-state index contributed by atoms with van der Waals surface area (Å²) in [4.78, 5) is 35.7. The molecule has 0 aliphatic rings. The number of amides is 2. The molecular formula is C18H14N2O4. The van der Waals surface area contributed by atoms with Crippen molar-refractivity contribution in [3.8, 4) is 0 Å². The Hall–Kier alpha value is -3.41. The smallest absolute Gasteiger partial charge is 0.352 e. The Morgan fingerprint density at radius 3 is 2.42 bits per heavy atom. The van der Waals surface area contributed by atoms with Gasteiger partial charge in [-0.05, 0) is 22.9 Å². The standard InChI is InChI=1S/C18H14N2O4/c1-20-10-12(9-15(20)18(23)24)16(21)19-17(22)14-8-4-6-11-5-2-3-7-13(11)14/h2-10H,1H3,(H,23,24)(H,19,21,22). The van der Waals surface area contributed by atoms with Crippen LogP contribution in [-0.4, -0.2) is 27.5 Å². The van der Waals surface area contributed by atoms with E-state index in [0.717, 1.165) is 10.8 Å². The molecule has 2 amide bonds. The van der Waals surface area contributed by atoms with E-state index in [2.05, 4.69) is 5.32 Å². The number of aromatic nitrogens is 1. The predicted octanol–water partition coefficient (Wildman–Crippen LogP) is 2.45. The van der Waals surface area contributed by atoms with Gasteiger partial charge >= 0.3 is 5.97 Å². The molecule has 0 radical (unpaired) electrons. The summed E-state index contributed by atoms with van der Waals surface area (Å²) in [5, 5.41) is 13.0. The van der Waals surface area contributed by atoms with Gasteiger partial charge in [0.2, 0.25) is 0 Å². The van der Waals surface area contributed by atoms with Gasteiger partial charge in [-0.3, -0.25) is 14.9 Å². The molecule has 6 heteroatoms. The number of carboxylic acids is 1. The molecular weight excluding hydrogens is 308 g/mol. The molecule has 0 atom stereocenters. The second-order valence-corrected chi connectivity index (χ2v) is 5.34. The zero-order valence-corrected chi connectivity index (χ0v) is 12.8. The van der Waals surface area contributed by atoms with E-state index in [1.807, 2.05) is 24.3 Å². The molecule has 2 N–H and O–H groups in total. The van der Waals surface area contributed by atoms with Crippen LogP contribution in [0.1, 0.15) is 31.2 Å². The van der Waals surface area contributed by atoms with E-state index in [4.69, 9.17) is 5.11 Å². The van der Waals surface area contributed by atoms with Crippen molar-refractivity contribution >= 4 is 28.6 Å². The molecule has 2 aromatic carbocycles. The van der Waals surface area contributed by atoms with Gasteiger partial charge in [-0.2, -0.15) is 0 Å². The minimum atomic E-state index is -1.14. The highest BCUT2D eigenvalue weighted by molar-refractivity contribution is 6.15. The number of aromatic carboxylic acids is 1. The number of carbonyl (C=O) groups excluding carboxylic acids is 2. The maximum atomic E-state index is 12.4. The number of fused-ring (bicyclic) bond motifs is 1. The Morgan fingerprint density at radius 2 is 1.71 bits per heavy atom. The van der Waals surface area contributed by atoms with E-state index in [1.165, 1.54) is 23.9 Å². The molecule has 0 aliphatic carbocycles. The molecule has 0 unspecified atom stereocenters. The predicted molar refractivity (Wildman–Crippen MR) is 88.1 cm³/mol. The van der Waals surface area contributed by atoms with E-state index < -0.39 is 17.8 Å². The quantitative estimate of drug-likeness (QED) is 0.725. The van der Waals surface area contributed by atoms with Crippen LogP contribution in [0.2, 0.25) is 0 Å². The number of benzene rings is 2. The second kappa shape index (κ2) is 6.00. The molecule has 24 heavy (non-hydrogen) atoms. The molecule has 0 aliphatic heterocycles. The topological polar surface area (TPSA) is 88.4 Å². The van der Waals surface area contributed by atoms with Gasteiger partial charge in [0.05, 0.1) is 5.56 Å². The van der Waals surface area contributed by atoms with Crippen molar-refractivity contribution in [1.29, 1.82) is 0 Å². The summed E-state index contributed by atoms with van der Waals surface area (Å²) < 4.78 is 1.32. The summed E-state index contributed by atoms with van der Waals surface area (Å²) in [6.07, 6.45) is 1.37. The first-order valence-electron chi connectivity index (χ1n) is 7.20. The monoisotopic (exact) mass is 322 g/mol. The third-order valence-electron chi connectivity index (χ3n) is 3.75. The maximum Gasteiger partial charge on any atom is 0.352 e. The highest BCUT2D eigenvalue weighted by Gasteiger charge is 2.18. The Balaban J connectivity index is 1.87. The van der Waals surface area contributed by atoms with Crippen LogP contribution in [0.15, 0.2) is 54.7 Å². The fourth-order valence-electron chi connectivity index (χ4n) is 2.57. The lowest BCUT2D eigenvalue weighted by Gasteiger charge is -2.06. The molecule has 6 nitrogen and oxygen atoms in total. The van der Waals surface area contributed by atoms with E-state index in [-0.39, 0.29) is 11.3 Å². The number of carboxylic acid groups (broad SMARTS) is 1. The second-order valence-electron chi connectivity index (χ2n) is 5.34. The summed E-state index contributed by atoms with van der Waals surface area (Å²) in [7, 11) is 1.52. The first kappa shape index (κ1) is 15.5. The van der Waals surface area contributed by atoms with Gasteiger partial charge in [0, 0.05) is 18.8 Å². The normalized spacial score (nSPS) is 10.5. The van der Waals surface area contributed by atoms with Gasteiger partial charge < -0.3 is 9.67 Å². The third kappa shape index (κ3) is 2.77. The van der Waals surface area contributed by atoms with Crippen molar-refractivity contribution in [3.63, 3.8) is 0 Å². The lowest BCUT2D eigenvalue weighted by Crippen LogP contribution is -2.30. The minimum Gasteiger partial charge on any atom is -0.477 e. The average Bonchev–Trinajstić information content (AvgIpc) is 2.96. The number of rotatable bonds is 3. The molecule has 120 valence electrons. The summed E-state index contributed by atoms with van der Waals surface area (Å²) in [5.74, 6) is -2.31. The Kier molecular flexibility index (Phi) is 3.87. The van der Waals surface area contributed by atoms with Gasteiger partial charge in [-0.25, -0.2) is 4.79 Å². The number of carbonyl (C=O) groups is 3. The molecule has 3 rings (SSSR count). The average molecular weight is 322 g/mol. The van der Waals surface area contributed by atoms with Crippen molar-refractivity contribution in [3.05, 3.63) is 71.5 Å². The zero-order chi connectivity index (χ0) is 17.3. The number of imide groups is 1. The Labute approximate surface area is 137 Å². The van der Waals surface area contributed by atoms with Crippen LogP contribution in [0.25, 0.3) is 10.8 Å². The lowest BCUT2D eigenvalue weighted by atomic mass is 10.0. The summed E-state index contributed by atoms with van der Waals surface area (Å²) in [6.45, 7) is 0. The molecule has 0 saturated carbocycles. The summed E-state index contributed by atoms with van der Waals surface area (Å²) in [5.41, 5.74) is 0.470. The first-order valence-corrected chi connectivity index (χ1v) is 7.20. The van der Waals surface area contributed by atoms with Crippen LogP contribution in [0.4, 0.5) is 0 Å². The highest BCUT2D eigenvalue weighted by Crippen LogP contribution is 2.18. The van der Waals surface area contributed by atoms with Crippen LogP contribution in [0.3, 0.4) is 0 Å². The minimum absolute atomic E-state index is 0.0299. The number of nitrogens with zero attached hydrogens (tertiary/aromatic N) is 1. The largest absolute Gasteiger partial charge is 0.477 e. The van der Waals surface area contributed by atoms with Crippen molar-refractivity contribution in [2.24, 2.45) is 7.05 Å². The number of hydrogen-bond donors (Lipinski definition) is 2. The first-order chi connectivity index (χ1) is 11.5. The lowest BCUT2D eigenvalue weighted by molar-refractivity contribution is 0.0686. The van der Waals surface area contributed by atoms with E-state index >= 15 is 0 Å². The molecule has 0 bridgehead atoms. The zero-order valence-electron chi connectivity index (χ0n) is 12.8. The summed E-state index contributed by atoms with van der Waals surface area (Å²) >= 11 is 0. The van der Waals surface area contributed by atoms with Crippen molar-refractivity contribution in [2.75, 3.05) is 0 Å². The van der Waals surface area contributed by atoms with E-state index in [9.17, 15) is 14.4 Å². The number of nitrogens with one attached hydrogen (secondary N) is 1. The van der Waals surface area contributed by atoms with Gasteiger partial charge in [0.1, 0.15) is 5.69 Å².